The van der Waals surface area contributed by atoms with Gasteiger partial charge in [0.25, 0.3) is 11.5 Å². The van der Waals surface area contributed by atoms with Crippen molar-refractivity contribution in [2.75, 3.05) is 25.6 Å². The average Bonchev–Trinajstić information content (AvgIpc) is 3.60. The normalized spacial score (nSPS) is 15.3. The van der Waals surface area contributed by atoms with Crippen LogP contribution in [0.15, 0.2) is 52.0 Å². The quantitative estimate of drug-likeness (QED) is 0.229. The third-order valence-electron chi connectivity index (χ3n) is 5.75. The number of anilines is 1. The summed E-state index contributed by atoms with van der Waals surface area (Å²) >= 11 is 8.85. The van der Waals surface area contributed by atoms with Gasteiger partial charge in [-0.3, -0.25) is 19.5 Å². The van der Waals surface area contributed by atoms with Crippen molar-refractivity contribution < 1.29 is 27.4 Å². The summed E-state index contributed by atoms with van der Waals surface area (Å²) < 4.78 is 51.6. The van der Waals surface area contributed by atoms with Crippen molar-refractivity contribution in [3.05, 3.63) is 69.5 Å². The number of methoxy groups -OCH3 is 1. The first kappa shape index (κ1) is 28.0. The smallest absolute Gasteiger partial charge is 0.416 e. The number of nitrogens with one attached hydrogen (secondary N) is 1. The zero-order chi connectivity index (χ0) is 28.4. The molecule has 1 unspecified atom stereocenters. The Bertz CT molecular complexity index is 1620. The van der Waals surface area contributed by atoms with E-state index < -0.39 is 23.2 Å². The van der Waals surface area contributed by atoms with Crippen molar-refractivity contribution in [2.24, 2.45) is 0 Å². The van der Waals surface area contributed by atoms with E-state index in [-0.39, 0.29) is 38.2 Å². The zero-order valence-electron chi connectivity index (χ0n) is 20.4. The molecule has 40 heavy (non-hydrogen) atoms. The number of amides is 1. The minimum Gasteiger partial charge on any atom is -0.494 e. The fourth-order valence-corrected chi connectivity index (χ4v) is 6.05. The molecule has 0 aliphatic carbocycles. The van der Waals surface area contributed by atoms with E-state index in [1.54, 1.807) is 0 Å². The van der Waals surface area contributed by atoms with Gasteiger partial charge in [0.1, 0.15) is 16.7 Å². The first-order valence-corrected chi connectivity index (χ1v) is 13.6. The van der Waals surface area contributed by atoms with Gasteiger partial charge in [0.05, 0.1) is 31.0 Å². The van der Waals surface area contributed by atoms with Gasteiger partial charge >= 0.3 is 6.18 Å². The van der Waals surface area contributed by atoms with Crippen LogP contribution in [0.1, 0.15) is 22.3 Å². The summed E-state index contributed by atoms with van der Waals surface area (Å²) in [6.07, 6.45) is -0.279. The molecule has 1 fully saturated rings. The molecule has 1 N–H and O–H groups in total. The second-order valence-corrected chi connectivity index (χ2v) is 11.3. The summed E-state index contributed by atoms with van der Waals surface area (Å²) in [4.78, 5) is 34.1. The van der Waals surface area contributed by atoms with Crippen LogP contribution in [0.2, 0.25) is 5.15 Å². The first-order valence-electron chi connectivity index (χ1n) is 11.5. The van der Waals surface area contributed by atoms with Gasteiger partial charge in [-0.05, 0) is 24.6 Å². The average molecular weight is 611 g/mol. The predicted octanol–water partition coefficient (Wildman–Crippen LogP) is 4.96. The molecular weight excluding hydrogens is 593 g/mol. The number of carbonyl (C=O) groups excluding carboxylic acids is 1. The number of halogens is 4. The second kappa shape index (κ2) is 11.5. The maximum Gasteiger partial charge on any atom is 0.416 e. The lowest BCUT2D eigenvalue weighted by atomic mass is 10.0. The monoisotopic (exact) mass is 610 g/mol. The van der Waals surface area contributed by atoms with Crippen molar-refractivity contribution >= 4 is 45.7 Å². The molecule has 208 valence electrons. The van der Waals surface area contributed by atoms with Crippen LogP contribution in [0, 0.1) is 0 Å². The number of pyridine rings is 3. The largest absolute Gasteiger partial charge is 0.494 e. The van der Waals surface area contributed by atoms with Crippen molar-refractivity contribution in [2.45, 2.75) is 22.2 Å². The van der Waals surface area contributed by atoms with Crippen LogP contribution in [0.25, 0.3) is 16.9 Å². The van der Waals surface area contributed by atoms with Crippen molar-refractivity contribution in [1.82, 2.24) is 24.7 Å². The Kier molecular flexibility index (Phi) is 8.07. The van der Waals surface area contributed by atoms with Gasteiger partial charge in [-0.2, -0.15) is 13.2 Å². The van der Waals surface area contributed by atoms with Crippen LogP contribution >= 0.6 is 34.7 Å². The Hall–Kier alpha value is -3.53. The molecule has 10 nitrogen and oxygen atoms in total. The third kappa shape index (κ3) is 6.11. The molecule has 0 aromatic carbocycles. The first-order chi connectivity index (χ1) is 19.1. The van der Waals surface area contributed by atoms with E-state index in [4.69, 9.17) is 21.1 Å². The number of hydrogen-bond acceptors (Lipinski definition) is 10. The second-order valence-electron chi connectivity index (χ2n) is 8.35. The molecular formula is C24H18ClF3N6O4S2. The Labute approximate surface area is 237 Å². The van der Waals surface area contributed by atoms with Crippen molar-refractivity contribution in [1.29, 1.82) is 0 Å². The van der Waals surface area contributed by atoms with Gasteiger partial charge in [-0.15, -0.1) is 10.2 Å². The van der Waals surface area contributed by atoms with E-state index in [1.165, 1.54) is 54.7 Å². The topological polar surface area (TPSA) is 121 Å². The van der Waals surface area contributed by atoms with E-state index in [0.29, 0.717) is 29.2 Å². The number of carbonyl (C=O) groups is 1. The van der Waals surface area contributed by atoms with Gasteiger partial charge in [0.2, 0.25) is 5.13 Å². The van der Waals surface area contributed by atoms with Crippen LogP contribution in [0.4, 0.5) is 18.3 Å². The molecule has 5 heterocycles. The zero-order valence-corrected chi connectivity index (χ0v) is 22.8. The van der Waals surface area contributed by atoms with Crippen LogP contribution in [-0.2, 0) is 10.9 Å². The lowest BCUT2D eigenvalue weighted by Gasteiger charge is -2.15. The van der Waals surface area contributed by atoms with Gasteiger partial charge in [-0.25, -0.2) is 9.97 Å². The van der Waals surface area contributed by atoms with Crippen molar-refractivity contribution in [3.63, 3.8) is 0 Å². The molecule has 1 aliphatic rings. The number of ether oxygens (including phenoxy) is 2. The summed E-state index contributed by atoms with van der Waals surface area (Å²) in [6.45, 7) is 1.30. The standard InChI is InChI=1S/C24H18ClF3N6O4S2/c1-37-17-10-29-18(25)7-15(17)14-8-19(34-4-2-12(6-20(34)35)24(26,27)28)30-9-16(14)21(36)31-22-32-33-23(40-22)39-13-3-5-38-11-13/h2,4,6-10,13H,3,5,11H2,1H3,(H,31,32,36). The molecule has 1 aliphatic heterocycles. The van der Waals surface area contributed by atoms with E-state index in [1.807, 2.05) is 0 Å². The fourth-order valence-electron chi connectivity index (χ4n) is 3.84. The van der Waals surface area contributed by atoms with E-state index in [2.05, 4.69) is 25.5 Å². The van der Waals surface area contributed by atoms with Gasteiger partial charge < -0.3 is 9.47 Å². The van der Waals surface area contributed by atoms with Gasteiger partial charge in [0, 0.05) is 41.4 Å². The maximum atomic E-state index is 13.4. The number of hydrogen-bond donors (Lipinski definition) is 1. The third-order valence-corrected chi connectivity index (χ3v) is 8.12. The fraction of sp³-hybridized carbons (Fsp3) is 0.250. The summed E-state index contributed by atoms with van der Waals surface area (Å²) in [5.74, 6) is -0.377. The number of thioether (sulfide) groups is 1. The molecule has 5 rings (SSSR count). The molecule has 0 spiro atoms. The minimum absolute atomic E-state index is 0.0337. The molecule has 1 atom stereocenters. The molecule has 0 bridgehead atoms. The molecule has 1 amide bonds. The molecule has 16 heteroatoms. The Balaban J connectivity index is 1.52. The Morgan fingerprint density at radius 1 is 1.23 bits per heavy atom. The number of nitrogens with zero attached hydrogens (tertiary/aromatic N) is 5. The summed E-state index contributed by atoms with van der Waals surface area (Å²) in [5, 5.41) is 11.5. The predicted molar refractivity (Wildman–Crippen MR) is 143 cm³/mol. The van der Waals surface area contributed by atoms with Crippen molar-refractivity contribution in [3.8, 4) is 22.7 Å². The lowest BCUT2D eigenvalue weighted by Crippen LogP contribution is -2.21. The molecule has 0 saturated carbocycles. The van der Waals surface area contributed by atoms with Crippen LogP contribution in [-0.4, -0.2) is 56.2 Å². The Morgan fingerprint density at radius 2 is 2.05 bits per heavy atom. The number of aromatic nitrogens is 5. The van der Waals surface area contributed by atoms with E-state index in [0.717, 1.165) is 23.3 Å². The Morgan fingerprint density at radius 3 is 2.75 bits per heavy atom. The highest BCUT2D eigenvalue weighted by atomic mass is 35.5. The van der Waals surface area contributed by atoms with E-state index >= 15 is 0 Å². The molecule has 4 aromatic rings. The minimum atomic E-state index is -4.69. The van der Waals surface area contributed by atoms with Gasteiger partial charge in [0.15, 0.2) is 4.34 Å². The summed E-state index contributed by atoms with van der Waals surface area (Å²) in [7, 11) is 1.40. The van der Waals surface area contributed by atoms with Crippen LogP contribution in [0.5, 0.6) is 5.75 Å². The number of alkyl halides is 3. The number of rotatable bonds is 7. The maximum absolute atomic E-state index is 13.4. The van der Waals surface area contributed by atoms with Crippen LogP contribution in [0.3, 0.4) is 0 Å². The van der Waals surface area contributed by atoms with E-state index in [9.17, 15) is 22.8 Å². The van der Waals surface area contributed by atoms with Gasteiger partial charge in [-0.1, -0.05) is 34.7 Å². The summed E-state index contributed by atoms with van der Waals surface area (Å²) in [6, 6.07) is 4.05. The molecule has 0 radical (unpaired) electrons. The molecule has 4 aromatic heterocycles. The highest BCUT2D eigenvalue weighted by Gasteiger charge is 2.31. The highest BCUT2D eigenvalue weighted by Crippen LogP contribution is 2.36. The molecule has 1 saturated heterocycles. The summed E-state index contributed by atoms with van der Waals surface area (Å²) in [5.41, 5.74) is -1.43. The van der Waals surface area contributed by atoms with Crippen LogP contribution < -0.4 is 15.6 Å². The SMILES string of the molecule is COc1cnc(Cl)cc1-c1cc(-n2ccc(C(F)(F)F)cc2=O)ncc1C(=O)Nc1nnc(SC2CCOC2)s1. The highest BCUT2D eigenvalue weighted by molar-refractivity contribution is 8.01. The lowest BCUT2D eigenvalue weighted by molar-refractivity contribution is -0.137.